The van der Waals surface area contributed by atoms with Gasteiger partial charge in [-0.25, -0.2) is 0 Å². The summed E-state index contributed by atoms with van der Waals surface area (Å²) < 4.78 is 6.78. The van der Waals surface area contributed by atoms with Crippen LogP contribution >= 0.6 is 46.5 Å². The molecule has 1 heterocycles. The van der Waals surface area contributed by atoms with Crippen LogP contribution in [-0.4, -0.2) is 34.7 Å². The number of hydrogen-bond acceptors (Lipinski definition) is 7. The lowest BCUT2D eigenvalue weighted by Gasteiger charge is -2.07. The number of carbonyl (C=O) groups excluding carboxylic acids is 1. The molecule has 0 radical (unpaired) electrons. The van der Waals surface area contributed by atoms with Gasteiger partial charge in [0.1, 0.15) is 5.75 Å². The van der Waals surface area contributed by atoms with Crippen LogP contribution in [0.4, 0.5) is 5.69 Å². The lowest BCUT2D eigenvalue weighted by atomic mass is 10.3. The molecule has 0 fully saturated rings. The molecule has 1 aromatic carbocycles. The topological polar surface area (TPSA) is 64.1 Å². The second-order valence-corrected chi connectivity index (χ2v) is 8.07. The fourth-order valence-electron chi connectivity index (χ4n) is 1.51. The summed E-state index contributed by atoms with van der Waals surface area (Å²) in [6, 6.07) is 5.11. The maximum Gasteiger partial charge on any atom is 0.234 e. The number of nitrogens with zero attached hydrogens (tertiary/aromatic N) is 2. The number of halogens is 1. The van der Waals surface area contributed by atoms with Crippen LogP contribution < -0.4 is 10.1 Å². The van der Waals surface area contributed by atoms with Gasteiger partial charge in [-0.15, -0.1) is 10.2 Å². The number of methoxy groups -OCH3 is 1. The number of rotatable bonds is 7. The summed E-state index contributed by atoms with van der Waals surface area (Å²) in [5.41, 5.74) is 0.635. The highest BCUT2D eigenvalue weighted by atomic mass is 35.5. The van der Waals surface area contributed by atoms with Crippen molar-refractivity contribution in [3.05, 3.63) is 23.2 Å². The van der Waals surface area contributed by atoms with E-state index in [0.29, 0.717) is 16.5 Å². The van der Waals surface area contributed by atoms with E-state index >= 15 is 0 Å². The number of amides is 1. The molecule has 0 aliphatic carbocycles. The molecule has 118 valence electrons. The Balaban J connectivity index is 1.85. The predicted molar refractivity (Wildman–Crippen MR) is 93.7 cm³/mol. The van der Waals surface area contributed by atoms with Crippen molar-refractivity contribution >= 4 is 58.1 Å². The van der Waals surface area contributed by atoms with Crippen molar-refractivity contribution < 1.29 is 9.53 Å². The molecule has 0 aliphatic heterocycles. The molecule has 0 unspecified atom stereocenters. The number of anilines is 1. The van der Waals surface area contributed by atoms with Crippen molar-refractivity contribution in [2.75, 3.05) is 23.9 Å². The Morgan fingerprint density at radius 3 is 2.73 bits per heavy atom. The average molecular weight is 376 g/mol. The summed E-state index contributed by atoms with van der Waals surface area (Å²) in [7, 11) is 1.54. The van der Waals surface area contributed by atoms with E-state index in [9.17, 15) is 4.79 Å². The van der Waals surface area contributed by atoms with Gasteiger partial charge in [-0.2, -0.15) is 0 Å². The summed E-state index contributed by atoms with van der Waals surface area (Å²) in [6.45, 7) is 2.06. The van der Waals surface area contributed by atoms with Gasteiger partial charge in [-0.1, -0.05) is 53.4 Å². The van der Waals surface area contributed by atoms with E-state index < -0.39 is 0 Å². The minimum Gasteiger partial charge on any atom is -0.495 e. The number of nitrogens with one attached hydrogen (secondary N) is 1. The minimum atomic E-state index is -0.119. The molecule has 0 spiro atoms. The first kappa shape index (κ1) is 17.4. The van der Waals surface area contributed by atoms with Crippen LogP contribution in [0.1, 0.15) is 6.92 Å². The van der Waals surface area contributed by atoms with Crippen LogP contribution in [-0.2, 0) is 4.79 Å². The van der Waals surface area contributed by atoms with Gasteiger partial charge in [-0.05, 0) is 24.0 Å². The van der Waals surface area contributed by atoms with E-state index in [0.717, 1.165) is 14.4 Å². The molecule has 1 N–H and O–H groups in total. The molecule has 1 amide bonds. The Bertz CT molecular complexity index is 651. The molecule has 2 aromatic rings. The number of carbonyl (C=O) groups is 1. The Labute approximate surface area is 146 Å². The van der Waals surface area contributed by atoms with E-state index in [1.165, 1.54) is 23.1 Å². The van der Waals surface area contributed by atoms with Gasteiger partial charge in [-0.3, -0.25) is 4.79 Å². The number of benzene rings is 1. The Morgan fingerprint density at radius 2 is 2.09 bits per heavy atom. The van der Waals surface area contributed by atoms with Crippen molar-refractivity contribution in [3.63, 3.8) is 0 Å². The van der Waals surface area contributed by atoms with E-state index in [1.807, 2.05) is 0 Å². The largest absolute Gasteiger partial charge is 0.495 e. The monoisotopic (exact) mass is 375 g/mol. The van der Waals surface area contributed by atoms with Crippen LogP contribution in [0.3, 0.4) is 0 Å². The van der Waals surface area contributed by atoms with Crippen LogP contribution in [0.15, 0.2) is 26.9 Å². The average Bonchev–Trinajstić information content (AvgIpc) is 2.93. The molecule has 1 aromatic heterocycles. The zero-order valence-electron chi connectivity index (χ0n) is 12.0. The lowest BCUT2D eigenvalue weighted by Crippen LogP contribution is -2.13. The van der Waals surface area contributed by atoms with Gasteiger partial charge in [0.25, 0.3) is 0 Å². The van der Waals surface area contributed by atoms with Gasteiger partial charge < -0.3 is 10.1 Å². The summed E-state index contributed by atoms with van der Waals surface area (Å²) in [4.78, 5) is 11.9. The predicted octanol–water partition coefficient (Wildman–Crippen LogP) is 4.04. The van der Waals surface area contributed by atoms with Gasteiger partial charge in [0.2, 0.25) is 5.91 Å². The standard InChI is InChI=1S/C13H14ClN3O2S3/c1-3-20-12-16-17-13(22-12)21-7-11(18)15-8-4-5-10(19-2)9(14)6-8/h4-6H,3,7H2,1-2H3,(H,15,18). The maximum atomic E-state index is 11.9. The summed E-state index contributed by atoms with van der Waals surface area (Å²) >= 11 is 10.5. The molecule has 9 heteroatoms. The van der Waals surface area contributed by atoms with Crippen LogP contribution in [0, 0.1) is 0 Å². The first-order valence-electron chi connectivity index (χ1n) is 6.35. The first-order valence-corrected chi connectivity index (χ1v) is 9.51. The third-order valence-corrected chi connectivity index (χ3v) is 5.79. The zero-order valence-corrected chi connectivity index (χ0v) is 15.2. The SMILES string of the molecule is CCSc1nnc(SCC(=O)Nc2ccc(OC)c(Cl)c2)s1. The normalized spacial score (nSPS) is 10.5. The molecule has 0 saturated carbocycles. The highest BCUT2D eigenvalue weighted by Gasteiger charge is 2.09. The van der Waals surface area contributed by atoms with E-state index in [2.05, 4.69) is 22.4 Å². The second kappa shape index (κ2) is 8.61. The minimum absolute atomic E-state index is 0.119. The molecule has 0 saturated heterocycles. The van der Waals surface area contributed by atoms with Crippen LogP contribution in [0.25, 0.3) is 0 Å². The fourth-order valence-corrected chi connectivity index (χ4v) is 4.48. The highest BCUT2D eigenvalue weighted by Crippen LogP contribution is 2.29. The lowest BCUT2D eigenvalue weighted by molar-refractivity contribution is -0.113. The van der Waals surface area contributed by atoms with Crippen LogP contribution in [0.5, 0.6) is 5.75 Å². The quantitative estimate of drug-likeness (QED) is 0.737. The zero-order chi connectivity index (χ0) is 15.9. The van der Waals surface area contributed by atoms with E-state index in [-0.39, 0.29) is 11.7 Å². The Kier molecular flexibility index (Phi) is 6.81. The number of ether oxygens (including phenoxy) is 1. The van der Waals surface area contributed by atoms with Gasteiger partial charge in [0.15, 0.2) is 8.68 Å². The van der Waals surface area contributed by atoms with Crippen molar-refractivity contribution in [1.82, 2.24) is 10.2 Å². The molecule has 0 atom stereocenters. The Morgan fingerprint density at radius 1 is 1.36 bits per heavy atom. The summed E-state index contributed by atoms with van der Waals surface area (Å²) in [5.74, 6) is 1.68. The smallest absolute Gasteiger partial charge is 0.234 e. The van der Waals surface area contributed by atoms with Gasteiger partial charge >= 0.3 is 0 Å². The second-order valence-electron chi connectivity index (χ2n) is 3.95. The van der Waals surface area contributed by atoms with Crippen molar-refractivity contribution in [1.29, 1.82) is 0 Å². The first-order chi connectivity index (χ1) is 10.6. The van der Waals surface area contributed by atoms with Crippen molar-refractivity contribution in [3.8, 4) is 5.75 Å². The van der Waals surface area contributed by atoms with Gasteiger partial charge in [0, 0.05) is 5.69 Å². The number of aromatic nitrogens is 2. The van der Waals surface area contributed by atoms with Crippen LogP contribution in [0.2, 0.25) is 5.02 Å². The van der Waals surface area contributed by atoms with E-state index in [4.69, 9.17) is 16.3 Å². The molecule has 5 nitrogen and oxygen atoms in total. The molecular weight excluding hydrogens is 362 g/mol. The van der Waals surface area contributed by atoms with Crippen molar-refractivity contribution in [2.45, 2.75) is 15.6 Å². The fraction of sp³-hybridized carbons (Fsp3) is 0.308. The highest BCUT2D eigenvalue weighted by molar-refractivity contribution is 8.03. The maximum absolute atomic E-state index is 11.9. The molecular formula is C13H14ClN3O2S3. The molecule has 0 bridgehead atoms. The summed E-state index contributed by atoms with van der Waals surface area (Å²) in [5, 5.41) is 11.3. The van der Waals surface area contributed by atoms with Gasteiger partial charge in [0.05, 0.1) is 17.9 Å². The van der Waals surface area contributed by atoms with E-state index in [1.54, 1.807) is 37.1 Å². The Hall–Kier alpha value is -0.960. The molecule has 22 heavy (non-hydrogen) atoms. The third-order valence-electron chi connectivity index (χ3n) is 2.42. The summed E-state index contributed by atoms with van der Waals surface area (Å²) in [6.07, 6.45) is 0. The molecule has 2 rings (SSSR count). The third kappa shape index (κ3) is 5.05. The molecule has 0 aliphatic rings. The van der Waals surface area contributed by atoms with Crippen molar-refractivity contribution in [2.24, 2.45) is 0 Å². The number of thioether (sulfide) groups is 2. The number of hydrogen-bond donors (Lipinski definition) is 1.